The maximum atomic E-state index is 13.6. The van der Waals surface area contributed by atoms with Gasteiger partial charge >= 0.3 is 0 Å². The van der Waals surface area contributed by atoms with Gasteiger partial charge in [0.15, 0.2) is 0 Å². The molecule has 160 valence electrons. The minimum atomic E-state index is 0.0308. The monoisotopic (exact) mass is 417 g/mol. The van der Waals surface area contributed by atoms with Crippen LogP contribution in [0.15, 0.2) is 36.7 Å². The molecule has 2 aliphatic rings. The van der Waals surface area contributed by atoms with Crippen molar-refractivity contribution < 1.29 is 4.79 Å². The fraction of sp³-hybridized carbons (Fsp3) is 0.435. The lowest BCUT2D eigenvalue weighted by molar-refractivity contribution is 0.0716. The third-order valence-electron chi connectivity index (χ3n) is 6.28. The molecule has 0 saturated carbocycles. The normalized spacial score (nSPS) is 20.4. The summed E-state index contributed by atoms with van der Waals surface area (Å²) in [5.74, 6) is 0.844. The lowest BCUT2D eigenvalue weighted by atomic mass is 10.1. The average molecular weight is 418 g/mol. The van der Waals surface area contributed by atoms with Crippen LogP contribution in [0, 0.1) is 13.8 Å². The van der Waals surface area contributed by atoms with Gasteiger partial charge in [-0.1, -0.05) is 13.0 Å². The third kappa shape index (κ3) is 3.56. The highest BCUT2D eigenvalue weighted by Crippen LogP contribution is 2.34. The van der Waals surface area contributed by atoms with Crippen LogP contribution < -0.4 is 4.90 Å². The zero-order chi connectivity index (χ0) is 21.5. The number of fused-ring (bicyclic) bond motifs is 2. The number of aromatic nitrogens is 5. The first kappa shape index (κ1) is 19.7. The topological polar surface area (TPSA) is 80.0 Å². The van der Waals surface area contributed by atoms with Gasteiger partial charge in [0, 0.05) is 36.6 Å². The highest BCUT2D eigenvalue weighted by atomic mass is 16.2. The van der Waals surface area contributed by atoms with Gasteiger partial charge in [-0.15, -0.1) is 0 Å². The molecule has 3 aromatic rings. The number of carbonyl (C=O) groups is 1. The Kier molecular flexibility index (Phi) is 4.92. The van der Waals surface area contributed by atoms with E-state index in [4.69, 9.17) is 9.97 Å². The van der Waals surface area contributed by atoms with Crippen LogP contribution in [0.25, 0.3) is 5.69 Å². The molecule has 0 aliphatic carbocycles. The average Bonchev–Trinajstić information content (AvgIpc) is 3.39. The van der Waals surface area contributed by atoms with E-state index in [0.717, 1.165) is 47.8 Å². The van der Waals surface area contributed by atoms with Crippen LogP contribution >= 0.6 is 0 Å². The number of hydrogen-bond donors (Lipinski definition) is 0. The van der Waals surface area contributed by atoms with E-state index in [-0.39, 0.29) is 18.0 Å². The summed E-state index contributed by atoms with van der Waals surface area (Å²) in [6.07, 6.45) is 6.25. The van der Waals surface area contributed by atoms with Crippen LogP contribution in [0.1, 0.15) is 47.1 Å². The van der Waals surface area contributed by atoms with Gasteiger partial charge < -0.3 is 9.80 Å². The summed E-state index contributed by atoms with van der Waals surface area (Å²) in [6.45, 7) is 7.49. The Morgan fingerprint density at radius 3 is 2.42 bits per heavy atom. The van der Waals surface area contributed by atoms with E-state index in [1.807, 2.05) is 43.0 Å². The van der Waals surface area contributed by atoms with Crippen molar-refractivity contribution in [1.29, 1.82) is 0 Å². The largest absolute Gasteiger partial charge is 0.334 e. The number of benzene rings is 1. The molecule has 0 spiro atoms. The van der Waals surface area contributed by atoms with Crippen molar-refractivity contribution in [2.45, 2.75) is 52.1 Å². The second kappa shape index (κ2) is 7.76. The quantitative estimate of drug-likeness (QED) is 0.649. The third-order valence-corrected chi connectivity index (χ3v) is 6.28. The van der Waals surface area contributed by atoms with E-state index in [0.29, 0.717) is 18.7 Å². The number of amides is 1. The van der Waals surface area contributed by atoms with Crippen molar-refractivity contribution >= 4 is 11.9 Å². The van der Waals surface area contributed by atoms with Crippen LogP contribution in [0.3, 0.4) is 0 Å². The summed E-state index contributed by atoms with van der Waals surface area (Å²) in [5.41, 5.74) is 4.48. The molecule has 2 aliphatic heterocycles. The number of carbonyl (C=O) groups excluding carboxylic acids is 1. The van der Waals surface area contributed by atoms with E-state index < -0.39 is 0 Å². The highest BCUT2D eigenvalue weighted by Gasteiger charge is 2.43. The number of anilines is 1. The van der Waals surface area contributed by atoms with Crippen molar-refractivity contribution in [3.8, 4) is 5.69 Å². The molecule has 31 heavy (non-hydrogen) atoms. The van der Waals surface area contributed by atoms with E-state index in [1.54, 1.807) is 12.4 Å². The van der Waals surface area contributed by atoms with E-state index in [9.17, 15) is 4.79 Å². The Hall–Kier alpha value is -3.29. The Balaban J connectivity index is 1.42. The lowest BCUT2D eigenvalue weighted by Crippen LogP contribution is -2.56. The fourth-order valence-corrected chi connectivity index (χ4v) is 4.81. The highest BCUT2D eigenvalue weighted by molar-refractivity contribution is 5.98. The van der Waals surface area contributed by atoms with Gasteiger partial charge in [-0.2, -0.15) is 15.0 Å². The minimum Gasteiger partial charge on any atom is -0.334 e. The molecule has 0 N–H and O–H groups in total. The van der Waals surface area contributed by atoms with Gasteiger partial charge in [0.05, 0.1) is 23.6 Å². The van der Waals surface area contributed by atoms with Crippen LogP contribution in [0.2, 0.25) is 0 Å². The summed E-state index contributed by atoms with van der Waals surface area (Å²) in [6, 6.07) is 8.36. The molecular formula is C23H27N7O. The van der Waals surface area contributed by atoms with Crippen LogP contribution in [-0.4, -0.2) is 60.9 Å². The predicted molar refractivity (Wildman–Crippen MR) is 117 cm³/mol. The van der Waals surface area contributed by atoms with Crippen LogP contribution in [-0.2, 0) is 6.42 Å². The van der Waals surface area contributed by atoms with Gasteiger partial charge in [0.1, 0.15) is 0 Å². The zero-order valence-electron chi connectivity index (χ0n) is 18.2. The van der Waals surface area contributed by atoms with Crippen molar-refractivity contribution in [3.05, 3.63) is 59.2 Å². The molecule has 8 nitrogen and oxygen atoms in total. The molecule has 2 bridgehead atoms. The SMILES string of the molecule is CCc1cc(C)nc(N2C3CCC2CN(C(=O)c2ccc(C)cc2-n2nccn2)C3)n1. The zero-order valence-corrected chi connectivity index (χ0v) is 18.2. The molecule has 2 atom stereocenters. The molecular weight excluding hydrogens is 390 g/mol. The van der Waals surface area contributed by atoms with Crippen molar-refractivity contribution in [2.75, 3.05) is 18.0 Å². The van der Waals surface area contributed by atoms with Gasteiger partial charge in [0.25, 0.3) is 5.91 Å². The number of rotatable bonds is 4. The molecule has 2 fully saturated rings. The molecule has 4 heterocycles. The number of likely N-dealkylation sites (tertiary alicyclic amines) is 1. The molecule has 1 amide bonds. The van der Waals surface area contributed by atoms with E-state index >= 15 is 0 Å². The maximum Gasteiger partial charge on any atom is 0.256 e. The Morgan fingerprint density at radius 1 is 1.03 bits per heavy atom. The maximum absolute atomic E-state index is 13.6. The molecule has 2 aromatic heterocycles. The van der Waals surface area contributed by atoms with Gasteiger partial charge in [-0.05, 0) is 56.9 Å². The molecule has 5 rings (SSSR count). The number of hydrogen-bond acceptors (Lipinski definition) is 6. The summed E-state index contributed by atoms with van der Waals surface area (Å²) in [4.78, 5) is 28.9. The lowest BCUT2D eigenvalue weighted by Gasteiger charge is -2.41. The first-order chi connectivity index (χ1) is 15.0. The summed E-state index contributed by atoms with van der Waals surface area (Å²) >= 11 is 0. The van der Waals surface area contributed by atoms with Crippen LogP contribution in [0.5, 0.6) is 0 Å². The van der Waals surface area contributed by atoms with Crippen molar-refractivity contribution in [1.82, 2.24) is 29.9 Å². The standard InChI is InChI=1S/C23H27N7O/c1-4-17-12-16(3)26-23(27-17)29-18-6-7-19(29)14-28(13-18)22(31)20-8-5-15(2)11-21(20)30-24-9-10-25-30/h5,8-12,18-19H,4,6-7,13-14H2,1-3H3. The molecule has 2 unspecified atom stereocenters. The molecule has 8 heteroatoms. The summed E-state index contributed by atoms with van der Waals surface area (Å²) in [5, 5.41) is 8.49. The summed E-state index contributed by atoms with van der Waals surface area (Å²) < 4.78 is 0. The van der Waals surface area contributed by atoms with E-state index in [2.05, 4.69) is 22.0 Å². The van der Waals surface area contributed by atoms with Gasteiger partial charge in [-0.3, -0.25) is 4.79 Å². The summed E-state index contributed by atoms with van der Waals surface area (Å²) in [7, 11) is 0. The Bertz CT molecular complexity index is 1100. The first-order valence-corrected chi connectivity index (χ1v) is 10.9. The Morgan fingerprint density at radius 2 is 1.74 bits per heavy atom. The minimum absolute atomic E-state index is 0.0308. The number of nitrogens with zero attached hydrogens (tertiary/aromatic N) is 7. The van der Waals surface area contributed by atoms with E-state index in [1.165, 1.54) is 4.80 Å². The number of piperazine rings is 1. The number of aryl methyl sites for hydroxylation is 3. The van der Waals surface area contributed by atoms with Gasteiger partial charge in [0.2, 0.25) is 5.95 Å². The van der Waals surface area contributed by atoms with Crippen molar-refractivity contribution in [3.63, 3.8) is 0 Å². The smallest absolute Gasteiger partial charge is 0.256 e. The fourth-order valence-electron chi connectivity index (χ4n) is 4.81. The van der Waals surface area contributed by atoms with Crippen molar-refractivity contribution in [2.24, 2.45) is 0 Å². The first-order valence-electron chi connectivity index (χ1n) is 10.9. The molecule has 2 saturated heterocycles. The predicted octanol–water partition coefficient (Wildman–Crippen LogP) is 2.73. The molecule has 1 aromatic carbocycles. The molecule has 0 radical (unpaired) electrons. The second-order valence-corrected chi connectivity index (χ2v) is 8.50. The van der Waals surface area contributed by atoms with Gasteiger partial charge in [-0.25, -0.2) is 9.97 Å². The van der Waals surface area contributed by atoms with Crippen LogP contribution in [0.4, 0.5) is 5.95 Å². The Labute approximate surface area is 181 Å². The second-order valence-electron chi connectivity index (χ2n) is 8.50.